The van der Waals surface area contributed by atoms with E-state index in [4.69, 9.17) is 4.74 Å². The molecular formula is C22H26N2O2. The van der Waals surface area contributed by atoms with Gasteiger partial charge >= 0.3 is 0 Å². The Hall–Kier alpha value is -2.62. The summed E-state index contributed by atoms with van der Waals surface area (Å²) in [4.78, 5) is 11.9. The predicted molar refractivity (Wildman–Crippen MR) is 105 cm³/mol. The highest BCUT2D eigenvalue weighted by atomic mass is 16.5. The zero-order chi connectivity index (χ0) is 18.2. The molecule has 0 saturated heterocycles. The molecular weight excluding hydrogens is 324 g/mol. The van der Waals surface area contributed by atoms with Crippen LogP contribution < -0.4 is 10.2 Å². The van der Waals surface area contributed by atoms with Crippen LogP contribution in [0.4, 0.5) is 0 Å². The lowest BCUT2D eigenvalue weighted by Crippen LogP contribution is -2.25. The average Bonchev–Trinajstić information content (AvgIpc) is 2.72. The van der Waals surface area contributed by atoms with Gasteiger partial charge in [-0.1, -0.05) is 61.7 Å². The molecule has 3 rings (SSSR count). The van der Waals surface area contributed by atoms with Crippen LogP contribution in [0.15, 0.2) is 59.7 Å². The van der Waals surface area contributed by atoms with Crippen LogP contribution in [0.25, 0.3) is 0 Å². The van der Waals surface area contributed by atoms with Crippen LogP contribution in [0.2, 0.25) is 0 Å². The van der Waals surface area contributed by atoms with Crippen molar-refractivity contribution in [1.29, 1.82) is 0 Å². The third-order valence-electron chi connectivity index (χ3n) is 4.87. The summed E-state index contributed by atoms with van der Waals surface area (Å²) in [5.74, 6) is 1.10. The lowest BCUT2D eigenvalue weighted by atomic mass is 9.84. The number of hydrazone groups is 1. The molecule has 0 spiro atoms. The fraction of sp³-hybridized carbons (Fsp3) is 0.364. The molecule has 0 atom stereocenters. The van der Waals surface area contributed by atoms with Crippen molar-refractivity contribution in [2.24, 2.45) is 5.10 Å². The van der Waals surface area contributed by atoms with Crippen LogP contribution >= 0.6 is 0 Å². The summed E-state index contributed by atoms with van der Waals surface area (Å²) < 4.78 is 5.41. The van der Waals surface area contributed by atoms with Crippen molar-refractivity contribution in [2.75, 3.05) is 6.61 Å². The number of ether oxygens (including phenoxy) is 1. The summed E-state index contributed by atoms with van der Waals surface area (Å²) in [7, 11) is 0. The van der Waals surface area contributed by atoms with Gasteiger partial charge in [0.15, 0.2) is 6.61 Å². The molecule has 2 aromatic carbocycles. The molecule has 1 amide bonds. The van der Waals surface area contributed by atoms with Gasteiger partial charge in [0, 0.05) is 0 Å². The molecule has 0 aliphatic heterocycles. The fourth-order valence-electron chi connectivity index (χ4n) is 3.34. The van der Waals surface area contributed by atoms with Crippen LogP contribution in [0, 0.1) is 0 Å². The first kappa shape index (κ1) is 18.2. The Labute approximate surface area is 155 Å². The van der Waals surface area contributed by atoms with E-state index in [9.17, 15) is 4.79 Å². The first-order valence-corrected chi connectivity index (χ1v) is 9.33. The smallest absolute Gasteiger partial charge is 0.277 e. The second-order valence-corrected chi connectivity index (χ2v) is 6.79. The third-order valence-corrected chi connectivity index (χ3v) is 4.87. The first-order chi connectivity index (χ1) is 12.7. The van der Waals surface area contributed by atoms with E-state index in [1.165, 1.54) is 37.7 Å². The van der Waals surface area contributed by atoms with E-state index in [2.05, 4.69) is 34.8 Å². The van der Waals surface area contributed by atoms with E-state index >= 15 is 0 Å². The molecule has 4 heteroatoms. The van der Waals surface area contributed by atoms with Crippen molar-refractivity contribution in [3.8, 4) is 5.75 Å². The van der Waals surface area contributed by atoms with Gasteiger partial charge in [0.05, 0.1) is 5.71 Å². The zero-order valence-corrected chi connectivity index (χ0v) is 15.3. The van der Waals surface area contributed by atoms with Gasteiger partial charge in [-0.15, -0.1) is 0 Å². The molecule has 1 N–H and O–H groups in total. The fourth-order valence-corrected chi connectivity index (χ4v) is 3.34. The molecule has 1 aliphatic rings. The van der Waals surface area contributed by atoms with E-state index in [0.29, 0.717) is 11.7 Å². The maximum Gasteiger partial charge on any atom is 0.277 e. The Balaban J connectivity index is 1.51. The molecule has 0 bridgehead atoms. The van der Waals surface area contributed by atoms with Crippen molar-refractivity contribution in [2.45, 2.75) is 44.9 Å². The first-order valence-electron chi connectivity index (χ1n) is 9.33. The molecule has 1 fully saturated rings. The second kappa shape index (κ2) is 9.18. The molecule has 0 radical (unpaired) electrons. The SMILES string of the molecule is CC(=NNC(=O)COc1ccccc1)c1ccc(C2CCCCC2)cc1. The van der Waals surface area contributed by atoms with Crippen molar-refractivity contribution >= 4 is 11.6 Å². The minimum Gasteiger partial charge on any atom is -0.484 e. The van der Waals surface area contributed by atoms with E-state index in [-0.39, 0.29) is 12.5 Å². The Kier molecular flexibility index (Phi) is 6.42. The monoisotopic (exact) mass is 350 g/mol. The quantitative estimate of drug-likeness (QED) is 0.609. The van der Waals surface area contributed by atoms with E-state index < -0.39 is 0 Å². The number of rotatable bonds is 6. The lowest BCUT2D eigenvalue weighted by molar-refractivity contribution is -0.123. The second-order valence-electron chi connectivity index (χ2n) is 6.79. The van der Waals surface area contributed by atoms with Gasteiger partial charge in [0.2, 0.25) is 0 Å². The average molecular weight is 350 g/mol. The Morgan fingerprint density at radius 2 is 1.73 bits per heavy atom. The third kappa shape index (κ3) is 5.19. The van der Waals surface area contributed by atoms with Crippen LogP contribution in [0.5, 0.6) is 5.75 Å². The summed E-state index contributed by atoms with van der Waals surface area (Å²) in [5, 5.41) is 4.19. The van der Waals surface area contributed by atoms with Gasteiger partial charge in [-0.05, 0) is 48.9 Å². The number of carbonyl (C=O) groups excluding carboxylic acids is 1. The van der Waals surface area contributed by atoms with Crippen LogP contribution in [-0.4, -0.2) is 18.2 Å². The van der Waals surface area contributed by atoms with Gasteiger partial charge in [0.25, 0.3) is 5.91 Å². The van der Waals surface area contributed by atoms with Crippen molar-refractivity contribution in [3.05, 3.63) is 65.7 Å². The predicted octanol–water partition coefficient (Wildman–Crippen LogP) is 4.65. The standard InChI is InChI=1S/C22H26N2O2/c1-17(23-24-22(25)16-26-21-10-6-3-7-11-21)18-12-14-20(15-13-18)19-8-4-2-5-9-19/h3,6-7,10-15,19H,2,4-5,8-9,16H2,1H3,(H,24,25). The maximum absolute atomic E-state index is 11.9. The van der Waals surface area contributed by atoms with Crippen molar-refractivity contribution in [1.82, 2.24) is 5.43 Å². The van der Waals surface area contributed by atoms with Crippen LogP contribution in [0.3, 0.4) is 0 Å². The number of carbonyl (C=O) groups is 1. The minimum atomic E-state index is -0.271. The molecule has 0 unspecified atom stereocenters. The summed E-state index contributed by atoms with van der Waals surface area (Å²) in [6.45, 7) is 1.84. The number of hydrogen-bond acceptors (Lipinski definition) is 3. The van der Waals surface area contributed by atoms with Gasteiger partial charge in [-0.2, -0.15) is 5.10 Å². The summed E-state index contributed by atoms with van der Waals surface area (Å²) in [6, 6.07) is 17.9. The molecule has 1 aliphatic carbocycles. The van der Waals surface area contributed by atoms with Gasteiger partial charge in [0.1, 0.15) is 5.75 Å². The highest BCUT2D eigenvalue weighted by Gasteiger charge is 2.15. The van der Waals surface area contributed by atoms with Gasteiger partial charge in [-0.25, -0.2) is 5.43 Å². The Morgan fingerprint density at radius 3 is 2.42 bits per heavy atom. The highest BCUT2D eigenvalue weighted by Crippen LogP contribution is 2.32. The maximum atomic E-state index is 11.9. The lowest BCUT2D eigenvalue weighted by Gasteiger charge is -2.22. The summed E-state index contributed by atoms with van der Waals surface area (Å²) in [6.07, 6.45) is 6.63. The minimum absolute atomic E-state index is 0.0542. The van der Waals surface area contributed by atoms with E-state index in [0.717, 1.165) is 11.3 Å². The van der Waals surface area contributed by atoms with E-state index in [1.807, 2.05) is 37.3 Å². The van der Waals surface area contributed by atoms with Crippen molar-refractivity contribution in [3.63, 3.8) is 0 Å². The number of hydrogen-bond donors (Lipinski definition) is 1. The molecule has 0 heterocycles. The van der Waals surface area contributed by atoms with Crippen LogP contribution in [0.1, 0.15) is 56.1 Å². The molecule has 0 aromatic heterocycles. The topological polar surface area (TPSA) is 50.7 Å². The van der Waals surface area contributed by atoms with E-state index in [1.54, 1.807) is 0 Å². The summed E-state index contributed by atoms with van der Waals surface area (Å²) in [5.41, 5.74) is 5.78. The molecule has 136 valence electrons. The largest absolute Gasteiger partial charge is 0.484 e. The number of amides is 1. The normalized spacial score (nSPS) is 15.5. The molecule has 2 aromatic rings. The van der Waals surface area contributed by atoms with Gasteiger partial charge < -0.3 is 4.74 Å². The number of para-hydroxylation sites is 1. The number of nitrogens with zero attached hydrogens (tertiary/aromatic N) is 1. The number of benzene rings is 2. The van der Waals surface area contributed by atoms with Gasteiger partial charge in [-0.3, -0.25) is 4.79 Å². The molecule has 26 heavy (non-hydrogen) atoms. The zero-order valence-electron chi connectivity index (χ0n) is 15.3. The Morgan fingerprint density at radius 1 is 1.04 bits per heavy atom. The molecule has 1 saturated carbocycles. The Bertz CT molecular complexity index is 732. The van der Waals surface area contributed by atoms with Crippen molar-refractivity contribution < 1.29 is 9.53 Å². The molecule has 4 nitrogen and oxygen atoms in total. The summed E-state index contributed by atoms with van der Waals surface area (Å²) >= 11 is 0. The number of nitrogens with one attached hydrogen (secondary N) is 1. The van der Waals surface area contributed by atoms with Crippen LogP contribution in [-0.2, 0) is 4.79 Å². The highest BCUT2D eigenvalue weighted by molar-refractivity contribution is 5.99.